The number of urea groups is 1. The standard InChI is InChI=1S/C25H23ClF2N2O4S2/c26-16-4-6-18(7-5-16)36(32,33)25-11-2-13-30(24(31)29-12-10-17-3-1-14-35-17)21(25)15-34-23-20(28)9-8-19(27)22(23)25/h1,3-9,14,21H,2,10-13,15H2,(H,29,31)/t21-,25+/m0/s1. The van der Waals surface area contributed by atoms with E-state index < -0.39 is 44.0 Å². The number of nitrogens with one attached hydrogen (secondary N) is 1. The van der Waals surface area contributed by atoms with E-state index in [0.717, 1.165) is 17.0 Å². The molecule has 5 rings (SSSR count). The maximum absolute atomic E-state index is 15.4. The predicted octanol–water partition coefficient (Wildman–Crippen LogP) is 5.16. The Hall–Kier alpha value is -2.69. The number of fused-ring (bicyclic) bond motifs is 3. The summed E-state index contributed by atoms with van der Waals surface area (Å²) in [5.74, 6) is -2.18. The predicted molar refractivity (Wildman–Crippen MR) is 133 cm³/mol. The smallest absolute Gasteiger partial charge is 0.317 e. The third-order valence-electron chi connectivity index (χ3n) is 6.82. The minimum atomic E-state index is -4.34. The Labute approximate surface area is 216 Å². The molecule has 1 aromatic heterocycles. The molecule has 0 unspecified atom stereocenters. The fourth-order valence-electron chi connectivity index (χ4n) is 5.20. The molecule has 1 N–H and O–H groups in total. The second-order valence-corrected chi connectivity index (χ2v) is 12.4. The largest absolute Gasteiger partial charge is 0.488 e. The number of hydrogen-bond donors (Lipinski definition) is 1. The van der Waals surface area contributed by atoms with E-state index in [1.807, 2.05) is 17.5 Å². The Morgan fingerprint density at radius 1 is 1.17 bits per heavy atom. The van der Waals surface area contributed by atoms with Crippen molar-refractivity contribution in [2.24, 2.45) is 0 Å². The van der Waals surface area contributed by atoms with E-state index in [4.69, 9.17) is 16.3 Å². The number of carbonyl (C=O) groups excluding carboxylic acids is 1. The van der Waals surface area contributed by atoms with Crippen LogP contribution in [0.25, 0.3) is 0 Å². The van der Waals surface area contributed by atoms with Crippen LogP contribution in [0, 0.1) is 11.6 Å². The zero-order chi connectivity index (χ0) is 25.5. The highest BCUT2D eigenvalue weighted by molar-refractivity contribution is 7.92. The van der Waals surface area contributed by atoms with Crippen molar-refractivity contribution in [1.29, 1.82) is 0 Å². The molecule has 11 heteroatoms. The molecular formula is C25H23ClF2N2O4S2. The number of ether oxygens (including phenoxy) is 1. The van der Waals surface area contributed by atoms with Gasteiger partial charge in [0.2, 0.25) is 0 Å². The normalized spacial score (nSPS) is 21.3. The van der Waals surface area contributed by atoms with Gasteiger partial charge in [0.1, 0.15) is 17.2 Å². The first-order chi connectivity index (χ1) is 17.3. The average molecular weight is 553 g/mol. The van der Waals surface area contributed by atoms with E-state index in [1.165, 1.54) is 29.2 Å². The van der Waals surface area contributed by atoms with Crippen molar-refractivity contribution in [2.45, 2.75) is 34.9 Å². The third-order valence-corrected chi connectivity index (χ3v) is 10.5. The number of nitrogens with zero attached hydrogens (tertiary/aromatic N) is 1. The average Bonchev–Trinajstić information content (AvgIpc) is 3.39. The van der Waals surface area contributed by atoms with Crippen molar-refractivity contribution in [1.82, 2.24) is 10.2 Å². The molecule has 1 fully saturated rings. The first kappa shape index (κ1) is 25.0. The van der Waals surface area contributed by atoms with Gasteiger partial charge in [0.05, 0.1) is 16.5 Å². The molecule has 2 aliphatic rings. The fourth-order valence-corrected chi connectivity index (χ4v) is 8.37. The molecule has 6 nitrogen and oxygen atoms in total. The number of benzene rings is 2. The van der Waals surface area contributed by atoms with E-state index in [2.05, 4.69) is 5.32 Å². The lowest BCUT2D eigenvalue weighted by Crippen LogP contribution is -2.65. The van der Waals surface area contributed by atoms with Gasteiger partial charge in [-0.1, -0.05) is 17.7 Å². The maximum atomic E-state index is 15.4. The number of likely N-dealkylation sites (tertiary alicyclic amines) is 1. The summed E-state index contributed by atoms with van der Waals surface area (Å²) >= 11 is 7.55. The number of carbonyl (C=O) groups is 1. The van der Waals surface area contributed by atoms with Crippen LogP contribution in [0.1, 0.15) is 23.3 Å². The van der Waals surface area contributed by atoms with E-state index in [1.54, 1.807) is 11.3 Å². The molecule has 3 aromatic rings. The summed E-state index contributed by atoms with van der Waals surface area (Å²) in [6.07, 6.45) is 0.894. The third kappa shape index (κ3) is 4.05. The Morgan fingerprint density at radius 3 is 2.64 bits per heavy atom. The molecule has 2 aliphatic heterocycles. The number of thiophene rings is 1. The molecule has 2 amide bonds. The number of sulfone groups is 1. The fraction of sp³-hybridized carbons (Fsp3) is 0.320. The highest BCUT2D eigenvalue weighted by Gasteiger charge is 2.61. The molecule has 0 radical (unpaired) electrons. The topological polar surface area (TPSA) is 75.7 Å². The molecule has 0 aliphatic carbocycles. The molecule has 1 saturated heterocycles. The van der Waals surface area contributed by atoms with Crippen LogP contribution in [-0.2, 0) is 21.0 Å². The van der Waals surface area contributed by atoms with Crippen molar-refractivity contribution in [3.05, 3.63) is 81.0 Å². The molecule has 0 spiro atoms. The van der Waals surface area contributed by atoms with Gasteiger partial charge < -0.3 is 15.0 Å². The maximum Gasteiger partial charge on any atom is 0.317 e. The van der Waals surface area contributed by atoms with Crippen molar-refractivity contribution >= 4 is 38.8 Å². The van der Waals surface area contributed by atoms with Crippen LogP contribution < -0.4 is 10.1 Å². The lowest BCUT2D eigenvalue weighted by molar-refractivity contribution is 0.0658. The van der Waals surface area contributed by atoms with Crippen molar-refractivity contribution in [3.8, 4) is 5.75 Å². The summed E-state index contributed by atoms with van der Waals surface area (Å²) in [7, 11) is -4.34. The van der Waals surface area contributed by atoms with E-state index in [-0.39, 0.29) is 36.5 Å². The lowest BCUT2D eigenvalue weighted by Gasteiger charge is -2.51. The quantitative estimate of drug-likeness (QED) is 0.474. The van der Waals surface area contributed by atoms with Gasteiger partial charge in [-0.3, -0.25) is 0 Å². The van der Waals surface area contributed by atoms with Gasteiger partial charge in [-0.25, -0.2) is 22.0 Å². The Bertz CT molecular complexity index is 1380. The highest BCUT2D eigenvalue weighted by Crippen LogP contribution is 2.53. The number of rotatable bonds is 5. The molecule has 190 valence electrons. The number of piperidine rings is 1. The molecule has 2 atom stereocenters. The molecular weight excluding hydrogens is 530 g/mol. The summed E-state index contributed by atoms with van der Waals surface area (Å²) in [5, 5.41) is 5.13. The van der Waals surface area contributed by atoms with E-state index in [9.17, 15) is 17.6 Å². The zero-order valence-corrected chi connectivity index (χ0v) is 21.4. The summed E-state index contributed by atoms with van der Waals surface area (Å²) in [4.78, 5) is 15.7. The van der Waals surface area contributed by atoms with Crippen molar-refractivity contribution < 1.29 is 26.7 Å². The summed E-state index contributed by atoms with van der Waals surface area (Å²) in [6.45, 7) is 0.307. The molecule has 0 bridgehead atoms. The van der Waals surface area contributed by atoms with Crippen LogP contribution >= 0.6 is 22.9 Å². The monoisotopic (exact) mass is 552 g/mol. The van der Waals surface area contributed by atoms with Crippen LogP contribution in [0.2, 0.25) is 5.02 Å². The Balaban J connectivity index is 1.58. The second kappa shape index (κ2) is 9.64. The molecule has 0 saturated carbocycles. The Morgan fingerprint density at radius 2 is 1.92 bits per heavy atom. The van der Waals surface area contributed by atoms with E-state index >= 15 is 4.39 Å². The van der Waals surface area contributed by atoms with Crippen LogP contribution in [0.4, 0.5) is 13.6 Å². The van der Waals surface area contributed by atoms with Gasteiger partial charge in [-0.2, -0.15) is 0 Å². The summed E-state index contributed by atoms with van der Waals surface area (Å²) < 4.78 is 62.4. The van der Waals surface area contributed by atoms with Crippen LogP contribution in [0.3, 0.4) is 0 Å². The first-order valence-corrected chi connectivity index (χ1v) is 14.2. The SMILES string of the molecule is O=C(NCCc1cccs1)N1CCC[C@]2(S(=O)(=O)c3ccc(Cl)cc3)c3c(F)ccc(F)c3OC[C@H]12. The molecule has 36 heavy (non-hydrogen) atoms. The van der Waals surface area contributed by atoms with Gasteiger partial charge in [0, 0.05) is 23.0 Å². The first-order valence-electron chi connectivity index (χ1n) is 11.4. The van der Waals surface area contributed by atoms with Gasteiger partial charge in [0.25, 0.3) is 0 Å². The van der Waals surface area contributed by atoms with Gasteiger partial charge in [0.15, 0.2) is 21.4 Å². The summed E-state index contributed by atoms with van der Waals surface area (Å²) in [5.41, 5.74) is -0.371. The van der Waals surface area contributed by atoms with Gasteiger partial charge >= 0.3 is 6.03 Å². The molecule has 3 heterocycles. The van der Waals surface area contributed by atoms with Crippen LogP contribution in [0.15, 0.2) is 58.8 Å². The lowest BCUT2D eigenvalue weighted by atomic mass is 9.80. The van der Waals surface area contributed by atoms with E-state index in [0.29, 0.717) is 18.0 Å². The minimum absolute atomic E-state index is 0.00165. The van der Waals surface area contributed by atoms with Crippen molar-refractivity contribution in [3.63, 3.8) is 0 Å². The zero-order valence-electron chi connectivity index (χ0n) is 19.0. The highest BCUT2D eigenvalue weighted by atomic mass is 35.5. The van der Waals surface area contributed by atoms with Crippen LogP contribution in [0.5, 0.6) is 5.75 Å². The number of hydrogen-bond acceptors (Lipinski definition) is 5. The minimum Gasteiger partial charge on any atom is -0.488 e. The van der Waals surface area contributed by atoms with Crippen molar-refractivity contribution in [2.75, 3.05) is 19.7 Å². The summed E-state index contributed by atoms with van der Waals surface area (Å²) in [6, 6.07) is 9.70. The number of amides is 2. The second-order valence-electron chi connectivity index (χ2n) is 8.77. The molecule has 2 aromatic carbocycles. The van der Waals surface area contributed by atoms with Gasteiger partial charge in [-0.15, -0.1) is 11.3 Å². The van der Waals surface area contributed by atoms with Gasteiger partial charge in [-0.05, 0) is 67.1 Å². The number of halogens is 3. The van der Waals surface area contributed by atoms with Crippen LogP contribution in [-0.4, -0.2) is 45.1 Å². The Kier molecular flexibility index (Phi) is 6.69.